The molecule has 0 fully saturated rings. The van der Waals surface area contributed by atoms with Gasteiger partial charge in [-0.3, -0.25) is 0 Å². The maximum atomic E-state index is 4.61. The topological polar surface area (TPSA) is 45.5 Å². The summed E-state index contributed by atoms with van der Waals surface area (Å²) in [6.45, 7) is 0.826. The van der Waals surface area contributed by atoms with Crippen LogP contribution in [0.1, 0.15) is 5.56 Å². The van der Waals surface area contributed by atoms with Gasteiger partial charge in [0.2, 0.25) is 0 Å². The minimum absolute atomic E-state index is 0.826. The first-order valence-corrected chi connectivity index (χ1v) is 6.96. The third kappa shape index (κ3) is 2.26. The fraction of sp³-hybridized carbons (Fsp3) is 0.231. The Morgan fingerprint density at radius 2 is 2.37 bits per heavy atom. The van der Waals surface area contributed by atoms with Crippen molar-refractivity contribution >= 4 is 28.6 Å². The molecule has 5 nitrogen and oxygen atoms in total. The van der Waals surface area contributed by atoms with Crippen molar-refractivity contribution in [3.8, 4) is 0 Å². The van der Waals surface area contributed by atoms with Crippen molar-refractivity contribution in [3.63, 3.8) is 0 Å². The molecule has 0 radical (unpaired) electrons. The van der Waals surface area contributed by atoms with Crippen LogP contribution in [0.4, 0.5) is 11.6 Å². The van der Waals surface area contributed by atoms with Gasteiger partial charge in [-0.2, -0.15) is 11.3 Å². The molecule has 3 heterocycles. The van der Waals surface area contributed by atoms with Crippen molar-refractivity contribution in [2.75, 3.05) is 24.3 Å². The number of thiophene rings is 1. The van der Waals surface area contributed by atoms with E-state index in [1.54, 1.807) is 17.5 Å². The Bertz CT molecular complexity index is 673. The largest absolute Gasteiger partial charge is 0.372 e. The van der Waals surface area contributed by atoms with Crippen LogP contribution in [0.5, 0.6) is 0 Å². The number of hydrogen-bond donors (Lipinski definition) is 1. The summed E-state index contributed by atoms with van der Waals surface area (Å²) in [7, 11) is 3.90. The fourth-order valence-electron chi connectivity index (χ4n) is 2.02. The lowest BCUT2D eigenvalue weighted by atomic mass is 10.3. The second-order valence-electron chi connectivity index (χ2n) is 4.35. The van der Waals surface area contributed by atoms with E-state index in [-0.39, 0.29) is 0 Å². The Morgan fingerprint density at radius 3 is 3.11 bits per heavy atom. The molecular weight excluding hydrogens is 258 g/mol. The number of aromatic nitrogens is 3. The highest BCUT2D eigenvalue weighted by Crippen LogP contribution is 2.21. The van der Waals surface area contributed by atoms with Crippen molar-refractivity contribution in [1.29, 1.82) is 0 Å². The number of nitrogens with zero attached hydrogens (tertiary/aromatic N) is 4. The third-order valence-electron chi connectivity index (χ3n) is 2.97. The molecule has 0 aromatic carbocycles. The molecule has 6 heteroatoms. The minimum Gasteiger partial charge on any atom is -0.372 e. The molecule has 0 aliphatic heterocycles. The second kappa shape index (κ2) is 4.89. The van der Waals surface area contributed by atoms with Crippen LogP contribution in [-0.2, 0) is 6.54 Å². The average Bonchev–Trinajstić information content (AvgIpc) is 3.07. The van der Waals surface area contributed by atoms with Crippen molar-refractivity contribution in [2.24, 2.45) is 0 Å². The first-order valence-electron chi connectivity index (χ1n) is 6.01. The zero-order chi connectivity index (χ0) is 13.2. The van der Waals surface area contributed by atoms with Crippen LogP contribution in [0.15, 0.2) is 35.4 Å². The van der Waals surface area contributed by atoms with Crippen LogP contribution < -0.4 is 10.2 Å². The SMILES string of the molecule is CNc1cn2ccnc2c(N(C)Cc2ccsc2)n1. The highest BCUT2D eigenvalue weighted by atomic mass is 32.1. The first kappa shape index (κ1) is 12.0. The van der Waals surface area contributed by atoms with Gasteiger partial charge in [-0.25, -0.2) is 9.97 Å². The molecule has 0 spiro atoms. The molecule has 0 bridgehead atoms. The van der Waals surface area contributed by atoms with E-state index in [2.05, 4.69) is 37.0 Å². The highest BCUT2D eigenvalue weighted by Gasteiger charge is 2.12. The first-order chi connectivity index (χ1) is 9.28. The van der Waals surface area contributed by atoms with Gasteiger partial charge >= 0.3 is 0 Å². The predicted molar refractivity (Wildman–Crippen MR) is 79.0 cm³/mol. The molecule has 0 aliphatic carbocycles. The number of nitrogens with one attached hydrogen (secondary N) is 1. The summed E-state index contributed by atoms with van der Waals surface area (Å²) < 4.78 is 1.98. The highest BCUT2D eigenvalue weighted by molar-refractivity contribution is 7.07. The van der Waals surface area contributed by atoms with E-state index in [1.807, 2.05) is 30.9 Å². The molecule has 0 saturated heterocycles. The van der Waals surface area contributed by atoms with Crippen molar-refractivity contribution in [3.05, 3.63) is 41.0 Å². The van der Waals surface area contributed by atoms with Crippen molar-refractivity contribution < 1.29 is 0 Å². The summed E-state index contributed by atoms with van der Waals surface area (Å²) in [5.41, 5.74) is 2.16. The van der Waals surface area contributed by atoms with E-state index in [0.29, 0.717) is 0 Å². The lowest BCUT2D eigenvalue weighted by Crippen LogP contribution is -2.19. The molecular formula is C13H15N5S. The molecule has 1 N–H and O–H groups in total. The average molecular weight is 273 g/mol. The summed E-state index contributed by atoms with van der Waals surface area (Å²) >= 11 is 1.71. The smallest absolute Gasteiger partial charge is 0.180 e. The number of fused-ring (bicyclic) bond motifs is 1. The van der Waals surface area contributed by atoms with Gasteiger partial charge in [-0.15, -0.1) is 0 Å². The van der Waals surface area contributed by atoms with Gasteiger partial charge in [-0.05, 0) is 22.4 Å². The predicted octanol–water partition coefficient (Wildman–Crippen LogP) is 2.47. The van der Waals surface area contributed by atoms with E-state index in [9.17, 15) is 0 Å². The minimum atomic E-state index is 0.826. The van der Waals surface area contributed by atoms with Crippen LogP contribution in [0.2, 0.25) is 0 Å². The Hall–Kier alpha value is -2.08. The van der Waals surface area contributed by atoms with Crippen LogP contribution in [0, 0.1) is 0 Å². The zero-order valence-corrected chi connectivity index (χ0v) is 11.7. The normalized spacial score (nSPS) is 10.8. The standard InChI is InChI=1S/C13H15N5S/c1-14-11-8-18-5-4-15-12(18)13(16-11)17(2)7-10-3-6-19-9-10/h3-6,8-9,14H,7H2,1-2H3. The number of anilines is 2. The number of imidazole rings is 1. The Kier molecular flexibility index (Phi) is 3.08. The third-order valence-corrected chi connectivity index (χ3v) is 3.71. The molecule has 3 rings (SSSR count). The quantitative estimate of drug-likeness (QED) is 0.793. The summed E-state index contributed by atoms with van der Waals surface area (Å²) in [6, 6.07) is 2.13. The van der Waals surface area contributed by atoms with Crippen LogP contribution in [0.3, 0.4) is 0 Å². The van der Waals surface area contributed by atoms with Crippen LogP contribution in [0.25, 0.3) is 5.65 Å². The van der Waals surface area contributed by atoms with E-state index in [4.69, 9.17) is 0 Å². The van der Waals surface area contributed by atoms with Gasteiger partial charge in [-0.1, -0.05) is 0 Å². The molecule has 0 amide bonds. The summed E-state index contributed by atoms with van der Waals surface area (Å²) in [6.07, 6.45) is 5.66. The van der Waals surface area contributed by atoms with E-state index in [1.165, 1.54) is 5.56 Å². The fourth-order valence-corrected chi connectivity index (χ4v) is 2.68. The monoisotopic (exact) mass is 273 g/mol. The van der Waals surface area contributed by atoms with Gasteiger partial charge in [0.05, 0.1) is 6.20 Å². The van der Waals surface area contributed by atoms with Crippen LogP contribution >= 0.6 is 11.3 Å². The number of hydrogen-bond acceptors (Lipinski definition) is 5. The van der Waals surface area contributed by atoms with Gasteiger partial charge in [0.15, 0.2) is 11.5 Å². The Labute approximate surface area is 115 Å². The van der Waals surface area contributed by atoms with E-state index >= 15 is 0 Å². The van der Waals surface area contributed by atoms with E-state index < -0.39 is 0 Å². The van der Waals surface area contributed by atoms with Gasteiger partial charge in [0, 0.05) is 33.0 Å². The molecule has 0 atom stereocenters. The van der Waals surface area contributed by atoms with Crippen molar-refractivity contribution in [2.45, 2.75) is 6.54 Å². The molecule has 0 aliphatic rings. The molecule has 19 heavy (non-hydrogen) atoms. The summed E-state index contributed by atoms with van der Waals surface area (Å²) in [4.78, 5) is 11.1. The Morgan fingerprint density at radius 1 is 1.47 bits per heavy atom. The molecule has 98 valence electrons. The zero-order valence-electron chi connectivity index (χ0n) is 10.9. The van der Waals surface area contributed by atoms with Gasteiger partial charge in [0.1, 0.15) is 5.82 Å². The lowest BCUT2D eigenvalue weighted by Gasteiger charge is -2.19. The second-order valence-corrected chi connectivity index (χ2v) is 5.13. The number of rotatable bonds is 4. The lowest BCUT2D eigenvalue weighted by molar-refractivity contribution is 0.896. The molecule has 0 unspecified atom stereocenters. The summed E-state index contributed by atoms with van der Waals surface area (Å²) in [5.74, 6) is 1.71. The molecule has 3 aromatic heterocycles. The molecule has 0 saturated carbocycles. The van der Waals surface area contributed by atoms with Gasteiger partial charge in [0.25, 0.3) is 0 Å². The van der Waals surface area contributed by atoms with Crippen LogP contribution in [-0.4, -0.2) is 28.5 Å². The maximum absolute atomic E-state index is 4.61. The maximum Gasteiger partial charge on any atom is 0.180 e. The Balaban J connectivity index is 2.00. The molecule has 3 aromatic rings. The van der Waals surface area contributed by atoms with Gasteiger partial charge < -0.3 is 14.6 Å². The summed E-state index contributed by atoms with van der Waals surface area (Å²) in [5, 5.41) is 7.32. The van der Waals surface area contributed by atoms with E-state index in [0.717, 1.165) is 23.8 Å². The van der Waals surface area contributed by atoms with Crippen molar-refractivity contribution in [1.82, 2.24) is 14.4 Å².